The number of hydrogen-bond acceptors (Lipinski definition) is 6. The third-order valence-electron chi connectivity index (χ3n) is 2.01. The van der Waals surface area contributed by atoms with E-state index in [-0.39, 0.29) is 12.0 Å². The molecule has 1 unspecified atom stereocenters. The molecule has 0 aromatic carbocycles. The van der Waals surface area contributed by atoms with Crippen molar-refractivity contribution in [1.82, 2.24) is 9.97 Å². The van der Waals surface area contributed by atoms with E-state index < -0.39 is 6.72 Å². The molecular formula is C12H21N2O3PS. The Morgan fingerprint density at radius 3 is 2.21 bits per heavy atom. The van der Waals surface area contributed by atoms with Gasteiger partial charge in [-0.15, -0.1) is 0 Å². The molecular weight excluding hydrogens is 283 g/mol. The van der Waals surface area contributed by atoms with Crippen molar-refractivity contribution in [3.05, 3.63) is 18.2 Å². The first kappa shape index (κ1) is 16.5. The fraction of sp³-hybridized carbons (Fsp3) is 0.667. The molecule has 7 heteroatoms. The summed E-state index contributed by atoms with van der Waals surface area (Å²) < 4.78 is 16.7. The smallest absolute Gasteiger partial charge is 0.380 e. The molecule has 1 heterocycles. The van der Waals surface area contributed by atoms with Crippen LogP contribution in [-0.4, -0.2) is 22.7 Å². The van der Waals surface area contributed by atoms with E-state index in [4.69, 9.17) is 25.4 Å². The molecule has 5 nitrogen and oxygen atoms in total. The summed E-state index contributed by atoms with van der Waals surface area (Å²) in [6, 6.07) is 0. The molecule has 0 amide bonds. The Morgan fingerprint density at radius 1 is 1.21 bits per heavy atom. The molecule has 0 saturated carbocycles. The number of nitrogens with zero attached hydrogens (tertiary/aromatic N) is 2. The summed E-state index contributed by atoms with van der Waals surface area (Å²) >= 11 is 5.33. The molecule has 0 aliphatic carbocycles. The van der Waals surface area contributed by atoms with Gasteiger partial charge >= 0.3 is 6.72 Å². The van der Waals surface area contributed by atoms with E-state index in [1.807, 2.05) is 34.6 Å². The van der Waals surface area contributed by atoms with Crippen molar-refractivity contribution in [2.24, 2.45) is 0 Å². The molecule has 0 saturated heterocycles. The van der Waals surface area contributed by atoms with Crippen LogP contribution < -0.4 is 4.52 Å². The van der Waals surface area contributed by atoms with Crippen LogP contribution in [0.15, 0.2) is 12.4 Å². The highest BCUT2D eigenvalue weighted by molar-refractivity contribution is 8.07. The van der Waals surface area contributed by atoms with Gasteiger partial charge in [0.05, 0.1) is 25.1 Å². The van der Waals surface area contributed by atoms with Gasteiger partial charge in [-0.25, -0.2) is 9.97 Å². The number of aromatic nitrogens is 2. The molecule has 1 aromatic rings. The van der Waals surface area contributed by atoms with Gasteiger partial charge in [0.2, 0.25) is 0 Å². The molecule has 1 atom stereocenters. The van der Waals surface area contributed by atoms with Crippen molar-refractivity contribution in [2.45, 2.75) is 46.6 Å². The third-order valence-corrected chi connectivity index (χ3v) is 4.50. The van der Waals surface area contributed by atoms with Crippen LogP contribution in [0.25, 0.3) is 0 Å². The van der Waals surface area contributed by atoms with Gasteiger partial charge in [-0.05, 0) is 20.8 Å². The molecule has 0 bridgehead atoms. The fourth-order valence-electron chi connectivity index (χ4n) is 1.30. The van der Waals surface area contributed by atoms with E-state index in [9.17, 15) is 0 Å². The van der Waals surface area contributed by atoms with Gasteiger partial charge in [-0.3, -0.25) is 9.05 Å². The predicted molar refractivity (Wildman–Crippen MR) is 78.9 cm³/mol. The third kappa shape index (κ3) is 5.53. The molecule has 0 N–H and O–H groups in total. The van der Waals surface area contributed by atoms with Crippen molar-refractivity contribution < 1.29 is 13.6 Å². The van der Waals surface area contributed by atoms with Gasteiger partial charge in [0.25, 0.3) is 0 Å². The fourth-order valence-corrected chi connectivity index (χ4v) is 3.73. The lowest BCUT2D eigenvalue weighted by Crippen LogP contribution is -2.08. The highest BCUT2D eigenvalue weighted by atomic mass is 32.5. The quantitative estimate of drug-likeness (QED) is 0.716. The Bertz CT molecular complexity index is 437. The van der Waals surface area contributed by atoms with Gasteiger partial charge < -0.3 is 4.52 Å². The zero-order chi connectivity index (χ0) is 14.5. The summed E-state index contributed by atoms with van der Waals surface area (Å²) in [5, 5.41) is 0. The van der Waals surface area contributed by atoms with Crippen LogP contribution in [0.4, 0.5) is 0 Å². The Labute approximate surface area is 120 Å². The van der Waals surface area contributed by atoms with Gasteiger partial charge in [-0.1, -0.05) is 13.8 Å². The minimum atomic E-state index is -2.78. The maximum atomic E-state index is 5.64. The zero-order valence-corrected chi connectivity index (χ0v) is 13.7. The second-order valence-electron chi connectivity index (χ2n) is 4.54. The first-order valence-corrected chi connectivity index (χ1v) is 8.86. The van der Waals surface area contributed by atoms with Crippen molar-refractivity contribution >= 4 is 18.5 Å². The molecule has 1 aromatic heterocycles. The maximum Gasteiger partial charge on any atom is 0.380 e. The Kier molecular flexibility index (Phi) is 6.33. The van der Waals surface area contributed by atoms with Gasteiger partial charge in [-0.2, -0.15) is 0 Å². The van der Waals surface area contributed by atoms with E-state index >= 15 is 0 Å². The largest absolute Gasteiger partial charge is 0.421 e. The lowest BCUT2D eigenvalue weighted by atomic mass is 10.2. The first-order chi connectivity index (χ1) is 8.86. The second kappa shape index (κ2) is 7.29. The van der Waals surface area contributed by atoms with E-state index in [0.29, 0.717) is 12.4 Å². The minimum absolute atomic E-state index is 0.0618. The standard InChI is InChI=1S/C12H21N2O3PS/c1-6-15-18(19,16-10(4)5)17-11-7-13-12(9(2)3)14-8-11/h7-10H,6H2,1-5H3. The Morgan fingerprint density at radius 2 is 1.79 bits per heavy atom. The predicted octanol–water partition coefficient (Wildman–Crippen LogP) is 3.66. The molecule has 0 radical (unpaired) electrons. The maximum absolute atomic E-state index is 5.64. The monoisotopic (exact) mass is 304 g/mol. The normalized spacial score (nSPS) is 14.7. The average Bonchev–Trinajstić information content (AvgIpc) is 2.28. The van der Waals surface area contributed by atoms with Gasteiger partial charge in [0.1, 0.15) is 5.82 Å². The second-order valence-corrected chi connectivity index (χ2v) is 7.43. The van der Waals surface area contributed by atoms with Crippen molar-refractivity contribution in [1.29, 1.82) is 0 Å². The summed E-state index contributed by atoms with van der Waals surface area (Å²) in [6.07, 6.45) is 3.14. The lowest BCUT2D eigenvalue weighted by molar-refractivity contribution is 0.171. The molecule has 0 aliphatic rings. The lowest BCUT2D eigenvalue weighted by Gasteiger charge is -2.23. The summed E-state index contributed by atoms with van der Waals surface area (Å²) in [7, 11) is 0. The Balaban J connectivity index is 2.81. The van der Waals surface area contributed by atoms with Gasteiger partial charge in [0, 0.05) is 17.7 Å². The van der Waals surface area contributed by atoms with Crippen LogP contribution >= 0.6 is 6.72 Å². The molecule has 0 aliphatic heterocycles. The molecule has 19 heavy (non-hydrogen) atoms. The molecule has 0 spiro atoms. The topological polar surface area (TPSA) is 53.5 Å². The molecule has 1 rings (SSSR count). The molecule has 108 valence electrons. The summed E-state index contributed by atoms with van der Waals surface area (Å²) in [4.78, 5) is 8.45. The van der Waals surface area contributed by atoms with E-state index in [1.54, 1.807) is 12.4 Å². The highest BCUT2D eigenvalue weighted by Gasteiger charge is 2.24. The van der Waals surface area contributed by atoms with Crippen LogP contribution in [0.5, 0.6) is 5.75 Å². The zero-order valence-electron chi connectivity index (χ0n) is 12.0. The first-order valence-electron chi connectivity index (χ1n) is 6.30. The van der Waals surface area contributed by atoms with Crippen molar-refractivity contribution in [3.8, 4) is 5.75 Å². The summed E-state index contributed by atoms with van der Waals surface area (Å²) in [5.41, 5.74) is 0. The van der Waals surface area contributed by atoms with Crippen LogP contribution in [0.2, 0.25) is 0 Å². The van der Waals surface area contributed by atoms with Crippen LogP contribution in [0.1, 0.15) is 46.4 Å². The van der Waals surface area contributed by atoms with Crippen LogP contribution in [0, 0.1) is 0 Å². The van der Waals surface area contributed by atoms with Crippen LogP contribution in [0.3, 0.4) is 0 Å². The molecule has 0 fully saturated rings. The summed E-state index contributed by atoms with van der Waals surface area (Å²) in [5.74, 6) is 1.51. The Hall–Kier alpha value is -0.550. The summed E-state index contributed by atoms with van der Waals surface area (Å²) in [6.45, 7) is 7.35. The van der Waals surface area contributed by atoms with E-state index in [1.165, 1.54) is 0 Å². The number of rotatable bonds is 7. The van der Waals surface area contributed by atoms with E-state index in [2.05, 4.69) is 9.97 Å². The minimum Gasteiger partial charge on any atom is -0.421 e. The van der Waals surface area contributed by atoms with Gasteiger partial charge in [0.15, 0.2) is 5.75 Å². The van der Waals surface area contributed by atoms with E-state index in [0.717, 1.165) is 5.82 Å². The van der Waals surface area contributed by atoms with Crippen LogP contribution in [-0.2, 0) is 20.9 Å². The number of hydrogen-bond donors (Lipinski definition) is 0. The average molecular weight is 304 g/mol. The van der Waals surface area contributed by atoms with Crippen molar-refractivity contribution in [3.63, 3.8) is 0 Å². The SMILES string of the molecule is CCOP(=S)(Oc1cnc(C(C)C)nc1)OC(C)C. The van der Waals surface area contributed by atoms with Crippen molar-refractivity contribution in [2.75, 3.05) is 6.61 Å². The highest BCUT2D eigenvalue weighted by Crippen LogP contribution is 2.50.